The highest BCUT2D eigenvalue weighted by molar-refractivity contribution is 9.10. The van der Waals surface area contributed by atoms with E-state index in [4.69, 9.17) is 14.2 Å². The van der Waals surface area contributed by atoms with E-state index in [2.05, 4.69) is 26.8 Å². The van der Waals surface area contributed by atoms with Crippen LogP contribution in [0.15, 0.2) is 65.1 Å². The molecular weight excluding hydrogens is 480 g/mol. The van der Waals surface area contributed by atoms with Gasteiger partial charge in [0, 0.05) is 0 Å². The zero-order chi connectivity index (χ0) is 22.9. The van der Waals surface area contributed by atoms with Gasteiger partial charge in [-0.1, -0.05) is 30.3 Å². The van der Waals surface area contributed by atoms with Crippen LogP contribution in [0.1, 0.15) is 17.3 Å². The summed E-state index contributed by atoms with van der Waals surface area (Å²) in [5, 5.41) is 2.00. The predicted molar refractivity (Wildman–Crippen MR) is 121 cm³/mol. The number of ether oxygens (including phenoxy) is 3. The van der Waals surface area contributed by atoms with Crippen molar-refractivity contribution in [2.45, 2.75) is 6.92 Å². The van der Waals surface area contributed by atoms with Crippen LogP contribution in [0, 0.1) is 0 Å². The Morgan fingerprint density at radius 3 is 2.19 bits per heavy atom. The number of carbonyl (C=O) groups is 3. The Kier molecular flexibility index (Phi) is 8.04. The second-order valence-electron chi connectivity index (χ2n) is 6.52. The molecule has 9 heteroatoms. The molecule has 0 heterocycles. The number of esters is 1. The third-order valence-corrected chi connectivity index (χ3v) is 5.08. The highest BCUT2D eigenvalue weighted by Crippen LogP contribution is 2.32. The second kappa shape index (κ2) is 11.1. The van der Waals surface area contributed by atoms with Crippen LogP contribution in [0.2, 0.25) is 0 Å². The van der Waals surface area contributed by atoms with Crippen molar-refractivity contribution >= 4 is 44.5 Å². The smallest absolute Gasteiger partial charge is 0.338 e. The molecule has 0 aliphatic heterocycles. The Morgan fingerprint density at radius 1 is 0.844 bits per heavy atom. The highest BCUT2D eigenvalue weighted by Gasteiger charge is 2.11. The Labute approximate surface area is 192 Å². The van der Waals surface area contributed by atoms with Crippen molar-refractivity contribution in [2.75, 3.05) is 19.8 Å². The van der Waals surface area contributed by atoms with Crippen molar-refractivity contribution in [2.24, 2.45) is 0 Å². The van der Waals surface area contributed by atoms with Gasteiger partial charge in [-0.2, -0.15) is 0 Å². The lowest BCUT2D eigenvalue weighted by Gasteiger charge is -2.11. The number of hydrogen-bond donors (Lipinski definition) is 2. The van der Waals surface area contributed by atoms with Crippen LogP contribution in [0.5, 0.6) is 11.5 Å². The van der Waals surface area contributed by atoms with Gasteiger partial charge in [0.15, 0.2) is 13.2 Å². The molecule has 0 bridgehead atoms. The van der Waals surface area contributed by atoms with E-state index in [1.54, 1.807) is 25.1 Å². The van der Waals surface area contributed by atoms with E-state index >= 15 is 0 Å². The number of rotatable bonds is 8. The lowest BCUT2D eigenvalue weighted by molar-refractivity contribution is -0.131. The van der Waals surface area contributed by atoms with Crippen LogP contribution in [0.4, 0.5) is 0 Å². The van der Waals surface area contributed by atoms with E-state index in [1.807, 2.05) is 30.3 Å². The normalized spacial score (nSPS) is 10.3. The molecule has 0 fully saturated rings. The number of fused-ring (bicyclic) bond motifs is 1. The Morgan fingerprint density at radius 2 is 1.50 bits per heavy atom. The van der Waals surface area contributed by atoms with Crippen molar-refractivity contribution in [3.05, 3.63) is 70.7 Å². The van der Waals surface area contributed by atoms with Crippen molar-refractivity contribution in [3.63, 3.8) is 0 Å². The molecule has 0 radical (unpaired) electrons. The van der Waals surface area contributed by atoms with Gasteiger partial charge in [-0.3, -0.25) is 20.4 Å². The van der Waals surface area contributed by atoms with Gasteiger partial charge >= 0.3 is 5.97 Å². The molecule has 0 atom stereocenters. The van der Waals surface area contributed by atoms with E-state index in [0.717, 1.165) is 15.2 Å². The highest BCUT2D eigenvalue weighted by atomic mass is 79.9. The van der Waals surface area contributed by atoms with Crippen LogP contribution in [-0.2, 0) is 14.3 Å². The fraction of sp³-hybridized carbons (Fsp3) is 0.174. The number of hydrazine groups is 1. The first-order chi connectivity index (χ1) is 15.5. The SMILES string of the molecule is CCOC(=O)c1ccc(OCC(=O)NNC(=O)COc2ccc3ccccc3c2Br)cc1. The summed E-state index contributed by atoms with van der Waals surface area (Å²) in [6.07, 6.45) is 0. The molecule has 3 aromatic rings. The molecule has 0 aromatic heterocycles. The van der Waals surface area contributed by atoms with Gasteiger partial charge in [-0.05, 0) is 64.0 Å². The first-order valence-electron chi connectivity index (χ1n) is 9.75. The van der Waals surface area contributed by atoms with Crippen LogP contribution >= 0.6 is 15.9 Å². The van der Waals surface area contributed by atoms with Crippen LogP contribution < -0.4 is 20.3 Å². The standard InChI is InChI=1S/C23H21BrN2O6/c1-2-30-23(29)16-7-10-17(11-8-16)31-13-20(27)25-26-21(28)14-32-19-12-9-15-5-3-4-6-18(15)22(19)24/h3-12H,2,13-14H2,1H3,(H,25,27)(H,26,28). The van der Waals surface area contributed by atoms with E-state index in [0.29, 0.717) is 17.1 Å². The molecule has 166 valence electrons. The maximum Gasteiger partial charge on any atom is 0.338 e. The van der Waals surface area contributed by atoms with E-state index < -0.39 is 17.8 Å². The summed E-state index contributed by atoms with van der Waals surface area (Å²) in [7, 11) is 0. The topological polar surface area (TPSA) is 103 Å². The number of carbonyl (C=O) groups excluding carboxylic acids is 3. The Bertz CT molecular complexity index is 1120. The summed E-state index contributed by atoms with van der Waals surface area (Å²) in [5.41, 5.74) is 4.90. The third kappa shape index (κ3) is 6.21. The van der Waals surface area contributed by atoms with Gasteiger partial charge in [0.05, 0.1) is 16.6 Å². The average Bonchev–Trinajstić information content (AvgIpc) is 2.81. The van der Waals surface area contributed by atoms with Crippen molar-refractivity contribution < 1.29 is 28.6 Å². The largest absolute Gasteiger partial charge is 0.484 e. The summed E-state index contributed by atoms with van der Waals surface area (Å²) >= 11 is 3.49. The molecule has 0 aliphatic rings. The molecule has 2 amide bonds. The van der Waals surface area contributed by atoms with Crippen molar-refractivity contribution in [1.82, 2.24) is 10.9 Å². The fourth-order valence-electron chi connectivity index (χ4n) is 2.73. The summed E-state index contributed by atoms with van der Waals surface area (Å²) in [6, 6.07) is 17.6. The third-order valence-electron chi connectivity index (χ3n) is 4.26. The summed E-state index contributed by atoms with van der Waals surface area (Å²) in [6.45, 7) is 1.40. The molecule has 0 unspecified atom stereocenters. The molecule has 3 aromatic carbocycles. The van der Waals surface area contributed by atoms with E-state index in [-0.39, 0.29) is 19.8 Å². The lowest BCUT2D eigenvalue weighted by atomic mass is 10.1. The zero-order valence-corrected chi connectivity index (χ0v) is 18.8. The molecule has 0 saturated heterocycles. The van der Waals surface area contributed by atoms with E-state index in [1.165, 1.54) is 12.1 Å². The molecule has 0 saturated carbocycles. The number of benzene rings is 3. The summed E-state index contributed by atoms with van der Waals surface area (Å²) in [4.78, 5) is 35.5. The minimum Gasteiger partial charge on any atom is -0.484 e. The van der Waals surface area contributed by atoms with Gasteiger partial charge in [0.2, 0.25) is 0 Å². The number of nitrogens with one attached hydrogen (secondary N) is 2. The van der Waals surface area contributed by atoms with Gasteiger partial charge in [0.25, 0.3) is 11.8 Å². The number of amides is 2. The maximum absolute atomic E-state index is 12.0. The van der Waals surface area contributed by atoms with Crippen LogP contribution in [0.3, 0.4) is 0 Å². The van der Waals surface area contributed by atoms with Gasteiger partial charge in [-0.15, -0.1) is 0 Å². The minimum atomic E-state index is -0.556. The maximum atomic E-state index is 12.0. The number of hydrogen-bond acceptors (Lipinski definition) is 6. The van der Waals surface area contributed by atoms with Crippen molar-refractivity contribution in [3.8, 4) is 11.5 Å². The molecule has 8 nitrogen and oxygen atoms in total. The molecular formula is C23H21BrN2O6. The Balaban J connectivity index is 1.41. The second-order valence-corrected chi connectivity index (χ2v) is 7.31. The molecule has 32 heavy (non-hydrogen) atoms. The summed E-state index contributed by atoms with van der Waals surface area (Å²) in [5.74, 6) is -0.613. The monoisotopic (exact) mass is 500 g/mol. The molecule has 3 rings (SSSR count). The average molecular weight is 501 g/mol. The lowest BCUT2D eigenvalue weighted by Crippen LogP contribution is -2.45. The summed E-state index contributed by atoms with van der Waals surface area (Å²) < 4.78 is 16.5. The van der Waals surface area contributed by atoms with Gasteiger partial charge in [-0.25, -0.2) is 4.79 Å². The quantitative estimate of drug-likeness (QED) is 0.363. The molecule has 2 N–H and O–H groups in total. The predicted octanol–water partition coefficient (Wildman–Crippen LogP) is 3.38. The first kappa shape index (κ1) is 23.1. The number of halogens is 1. The van der Waals surface area contributed by atoms with Crippen LogP contribution in [-0.4, -0.2) is 37.6 Å². The molecule has 0 spiro atoms. The Hall–Kier alpha value is -3.59. The van der Waals surface area contributed by atoms with E-state index in [9.17, 15) is 14.4 Å². The van der Waals surface area contributed by atoms with Crippen LogP contribution in [0.25, 0.3) is 10.8 Å². The van der Waals surface area contributed by atoms with Gasteiger partial charge < -0.3 is 14.2 Å². The first-order valence-corrected chi connectivity index (χ1v) is 10.5. The van der Waals surface area contributed by atoms with Gasteiger partial charge in [0.1, 0.15) is 11.5 Å². The molecule has 0 aliphatic carbocycles. The van der Waals surface area contributed by atoms with Crippen molar-refractivity contribution in [1.29, 1.82) is 0 Å². The zero-order valence-electron chi connectivity index (χ0n) is 17.2. The fourth-order valence-corrected chi connectivity index (χ4v) is 3.34. The minimum absolute atomic E-state index is 0.284.